The summed E-state index contributed by atoms with van der Waals surface area (Å²) in [6.45, 7) is 3.60. The minimum Gasteiger partial charge on any atom is -0.477 e. The Morgan fingerprint density at radius 1 is 1.53 bits per heavy atom. The Labute approximate surface area is 103 Å². The highest BCUT2D eigenvalue weighted by Crippen LogP contribution is 2.24. The molecular weight excluding hydrogens is 244 g/mol. The van der Waals surface area contributed by atoms with Crippen LogP contribution in [0.15, 0.2) is 0 Å². The number of rotatable bonds is 5. The number of methoxy groups -OCH3 is 1. The van der Waals surface area contributed by atoms with Crippen molar-refractivity contribution in [3.05, 3.63) is 10.6 Å². The van der Waals surface area contributed by atoms with E-state index in [1.807, 2.05) is 0 Å². The lowest BCUT2D eigenvalue weighted by molar-refractivity contribution is -0.118. The fourth-order valence-electron chi connectivity index (χ4n) is 1.06. The zero-order chi connectivity index (χ0) is 13.0. The Balaban J connectivity index is 2.91. The van der Waals surface area contributed by atoms with E-state index in [9.17, 15) is 9.59 Å². The highest BCUT2D eigenvalue weighted by Gasteiger charge is 2.18. The van der Waals surface area contributed by atoms with Crippen LogP contribution in [0.4, 0.5) is 5.13 Å². The zero-order valence-electron chi connectivity index (χ0n) is 9.81. The van der Waals surface area contributed by atoms with Crippen LogP contribution in [0.5, 0.6) is 0 Å². The average Bonchev–Trinajstić information content (AvgIpc) is 2.61. The third-order valence-corrected chi connectivity index (χ3v) is 2.93. The molecule has 1 amide bonds. The molecule has 0 fully saturated rings. The van der Waals surface area contributed by atoms with Crippen molar-refractivity contribution >= 4 is 28.3 Å². The maximum Gasteiger partial charge on any atom is 0.347 e. The fraction of sp³-hybridized carbons (Fsp3) is 0.500. The molecule has 0 atom stereocenters. The number of nitrogens with zero attached hydrogens (tertiary/aromatic N) is 1. The van der Waals surface area contributed by atoms with E-state index in [0.717, 1.165) is 11.3 Å². The van der Waals surface area contributed by atoms with Gasteiger partial charge in [0.2, 0.25) is 5.91 Å². The number of aromatic carboxylic acids is 1. The molecule has 1 rings (SSSR count). The number of amides is 1. The molecule has 1 aromatic rings. The predicted octanol–water partition coefficient (Wildman–Crippen LogP) is 1.58. The second-order valence-corrected chi connectivity index (χ2v) is 4.68. The summed E-state index contributed by atoms with van der Waals surface area (Å²) in [5.74, 6) is -1.45. The van der Waals surface area contributed by atoms with E-state index < -0.39 is 5.97 Å². The number of carboxylic acid groups (broad SMARTS) is 1. The molecule has 0 aromatic carbocycles. The second kappa shape index (κ2) is 5.74. The van der Waals surface area contributed by atoms with Crippen LogP contribution in [0, 0.1) is 5.92 Å². The quantitative estimate of drug-likeness (QED) is 0.837. The van der Waals surface area contributed by atoms with Gasteiger partial charge < -0.3 is 15.2 Å². The van der Waals surface area contributed by atoms with Crippen LogP contribution in [0.3, 0.4) is 0 Å². The van der Waals surface area contributed by atoms with Crippen molar-refractivity contribution in [1.29, 1.82) is 0 Å². The van der Waals surface area contributed by atoms with E-state index in [1.165, 1.54) is 7.11 Å². The Kier molecular flexibility index (Phi) is 4.59. The number of aromatic nitrogens is 1. The Morgan fingerprint density at radius 2 is 2.18 bits per heavy atom. The van der Waals surface area contributed by atoms with E-state index in [0.29, 0.717) is 5.69 Å². The van der Waals surface area contributed by atoms with Crippen molar-refractivity contribution in [3.63, 3.8) is 0 Å². The molecule has 0 saturated heterocycles. The number of thiazole rings is 1. The summed E-state index contributed by atoms with van der Waals surface area (Å²) in [4.78, 5) is 26.5. The number of carboxylic acids is 1. The Hall–Kier alpha value is -1.47. The van der Waals surface area contributed by atoms with E-state index in [1.54, 1.807) is 13.8 Å². The third kappa shape index (κ3) is 3.50. The molecule has 94 valence electrons. The first-order valence-corrected chi connectivity index (χ1v) is 5.80. The predicted molar refractivity (Wildman–Crippen MR) is 63.3 cm³/mol. The summed E-state index contributed by atoms with van der Waals surface area (Å²) >= 11 is 0.931. The summed E-state index contributed by atoms with van der Waals surface area (Å²) in [6.07, 6.45) is 0. The van der Waals surface area contributed by atoms with Crippen LogP contribution in [0.2, 0.25) is 0 Å². The minimum absolute atomic E-state index is 0.0888. The SMILES string of the molecule is COCc1nc(NC(=O)C(C)C)sc1C(=O)O. The highest BCUT2D eigenvalue weighted by atomic mass is 32.1. The van der Waals surface area contributed by atoms with Crippen molar-refractivity contribution in [1.82, 2.24) is 4.98 Å². The number of carbonyl (C=O) groups is 2. The molecule has 0 radical (unpaired) electrons. The van der Waals surface area contributed by atoms with Gasteiger partial charge in [0.25, 0.3) is 0 Å². The van der Waals surface area contributed by atoms with Crippen molar-refractivity contribution < 1.29 is 19.4 Å². The molecule has 0 aliphatic rings. The van der Waals surface area contributed by atoms with Gasteiger partial charge in [0, 0.05) is 13.0 Å². The largest absolute Gasteiger partial charge is 0.477 e. The third-order valence-electron chi connectivity index (χ3n) is 1.93. The molecule has 0 saturated carbocycles. The van der Waals surface area contributed by atoms with Gasteiger partial charge in [-0.2, -0.15) is 0 Å². The van der Waals surface area contributed by atoms with Crippen LogP contribution in [0.25, 0.3) is 0 Å². The van der Waals surface area contributed by atoms with E-state index >= 15 is 0 Å². The van der Waals surface area contributed by atoms with Crippen molar-refractivity contribution in [2.24, 2.45) is 5.92 Å². The van der Waals surface area contributed by atoms with Crippen LogP contribution in [-0.4, -0.2) is 29.1 Å². The molecule has 0 aliphatic carbocycles. The van der Waals surface area contributed by atoms with Gasteiger partial charge in [-0.05, 0) is 0 Å². The van der Waals surface area contributed by atoms with Gasteiger partial charge >= 0.3 is 5.97 Å². The standard InChI is InChI=1S/C10H14N2O4S/c1-5(2)8(13)12-10-11-6(4-16-3)7(17-10)9(14)15/h5H,4H2,1-3H3,(H,14,15)(H,11,12,13). The van der Waals surface area contributed by atoms with Crippen molar-refractivity contribution in [2.45, 2.75) is 20.5 Å². The van der Waals surface area contributed by atoms with Gasteiger partial charge in [-0.1, -0.05) is 25.2 Å². The normalized spacial score (nSPS) is 10.6. The summed E-state index contributed by atoms with van der Waals surface area (Å²) in [6, 6.07) is 0. The van der Waals surface area contributed by atoms with Gasteiger partial charge in [0.05, 0.1) is 12.3 Å². The van der Waals surface area contributed by atoms with E-state index in [2.05, 4.69) is 10.3 Å². The average molecular weight is 258 g/mol. The lowest BCUT2D eigenvalue weighted by Gasteiger charge is -2.03. The number of anilines is 1. The van der Waals surface area contributed by atoms with Gasteiger partial charge in [0.15, 0.2) is 5.13 Å². The molecule has 0 bridgehead atoms. The number of carbonyl (C=O) groups excluding carboxylic acids is 1. The molecule has 0 unspecified atom stereocenters. The van der Waals surface area contributed by atoms with E-state index in [4.69, 9.17) is 9.84 Å². The minimum atomic E-state index is -1.07. The molecule has 1 heterocycles. The van der Waals surface area contributed by atoms with Crippen molar-refractivity contribution in [2.75, 3.05) is 12.4 Å². The van der Waals surface area contributed by atoms with Crippen LogP contribution in [0.1, 0.15) is 29.2 Å². The number of hydrogen-bond acceptors (Lipinski definition) is 5. The summed E-state index contributed by atoms with van der Waals surface area (Å²) < 4.78 is 4.85. The first-order valence-electron chi connectivity index (χ1n) is 4.98. The Bertz CT molecular complexity index is 428. The van der Waals surface area contributed by atoms with Gasteiger partial charge in [-0.3, -0.25) is 4.79 Å². The Morgan fingerprint density at radius 3 is 2.65 bits per heavy atom. The van der Waals surface area contributed by atoms with E-state index in [-0.39, 0.29) is 28.4 Å². The molecule has 0 aliphatic heterocycles. The van der Waals surface area contributed by atoms with Crippen molar-refractivity contribution in [3.8, 4) is 0 Å². The fourth-order valence-corrected chi connectivity index (χ4v) is 1.87. The molecular formula is C10H14N2O4S. The summed E-state index contributed by atoms with van der Waals surface area (Å²) in [5, 5.41) is 11.8. The van der Waals surface area contributed by atoms with Gasteiger partial charge in [-0.15, -0.1) is 0 Å². The topological polar surface area (TPSA) is 88.5 Å². The summed E-state index contributed by atoms with van der Waals surface area (Å²) in [7, 11) is 1.46. The van der Waals surface area contributed by atoms with Crippen LogP contribution >= 0.6 is 11.3 Å². The maximum absolute atomic E-state index is 11.4. The van der Waals surface area contributed by atoms with Gasteiger partial charge in [0.1, 0.15) is 4.88 Å². The summed E-state index contributed by atoms with van der Waals surface area (Å²) in [5.41, 5.74) is 0.323. The molecule has 7 heteroatoms. The maximum atomic E-state index is 11.4. The molecule has 2 N–H and O–H groups in total. The molecule has 1 aromatic heterocycles. The lowest BCUT2D eigenvalue weighted by Crippen LogP contribution is -2.17. The van der Waals surface area contributed by atoms with Crippen LogP contribution in [-0.2, 0) is 16.1 Å². The lowest BCUT2D eigenvalue weighted by atomic mass is 10.2. The molecule has 6 nitrogen and oxygen atoms in total. The smallest absolute Gasteiger partial charge is 0.347 e. The number of hydrogen-bond donors (Lipinski definition) is 2. The molecule has 17 heavy (non-hydrogen) atoms. The number of ether oxygens (including phenoxy) is 1. The first kappa shape index (κ1) is 13.6. The molecule has 0 spiro atoms. The highest BCUT2D eigenvalue weighted by molar-refractivity contribution is 7.17. The first-order chi connectivity index (χ1) is 7.95. The van der Waals surface area contributed by atoms with Crippen LogP contribution < -0.4 is 5.32 Å². The second-order valence-electron chi connectivity index (χ2n) is 3.68. The zero-order valence-corrected chi connectivity index (χ0v) is 10.6. The van der Waals surface area contributed by atoms with Gasteiger partial charge in [-0.25, -0.2) is 9.78 Å². The number of nitrogens with one attached hydrogen (secondary N) is 1. The monoisotopic (exact) mass is 258 g/mol.